The van der Waals surface area contributed by atoms with Crippen LogP contribution < -0.4 is 5.32 Å². The number of amides is 1. The van der Waals surface area contributed by atoms with Crippen molar-refractivity contribution in [2.45, 2.75) is 31.9 Å². The maximum atomic E-state index is 11.9. The molecule has 4 heteroatoms. The molecule has 1 heterocycles. The summed E-state index contributed by atoms with van der Waals surface area (Å²) < 4.78 is 10.6. The predicted octanol–water partition coefficient (Wildman–Crippen LogP) is 1.85. The van der Waals surface area contributed by atoms with Crippen LogP contribution in [0.2, 0.25) is 0 Å². The lowest BCUT2D eigenvalue weighted by Crippen LogP contribution is -2.40. The van der Waals surface area contributed by atoms with Gasteiger partial charge in [-0.15, -0.1) is 0 Å². The second-order valence-electron chi connectivity index (χ2n) is 4.81. The first-order valence-electron chi connectivity index (χ1n) is 6.20. The van der Waals surface area contributed by atoms with E-state index in [1.165, 1.54) is 0 Å². The molecule has 4 nitrogen and oxygen atoms in total. The monoisotopic (exact) mass is 249 g/mol. The summed E-state index contributed by atoms with van der Waals surface area (Å²) >= 11 is 0. The maximum Gasteiger partial charge on any atom is 0.223 e. The Kier molecular flexibility index (Phi) is 4.33. The van der Waals surface area contributed by atoms with Gasteiger partial charge in [0.15, 0.2) is 0 Å². The van der Waals surface area contributed by atoms with Crippen LogP contribution in [0.4, 0.5) is 0 Å². The second-order valence-corrected chi connectivity index (χ2v) is 4.81. The number of nitrogens with one attached hydrogen (secondary N) is 1. The number of hydrogen-bond acceptors (Lipinski definition) is 3. The van der Waals surface area contributed by atoms with Gasteiger partial charge in [-0.1, -0.05) is 30.3 Å². The van der Waals surface area contributed by atoms with Gasteiger partial charge < -0.3 is 14.8 Å². The molecule has 1 amide bonds. The molecule has 1 unspecified atom stereocenters. The lowest BCUT2D eigenvalue weighted by molar-refractivity contribution is -0.189. The molecule has 1 aromatic rings. The fraction of sp³-hybridized carbons (Fsp3) is 0.500. The van der Waals surface area contributed by atoms with E-state index in [-0.39, 0.29) is 18.3 Å². The van der Waals surface area contributed by atoms with E-state index in [1.54, 1.807) is 0 Å². The van der Waals surface area contributed by atoms with Gasteiger partial charge in [0.2, 0.25) is 5.91 Å². The summed E-state index contributed by atoms with van der Waals surface area (Å²) in [5.41, 5.74) is 0.711. The quantitative estimate of drug-likeness (QED) is 0.885. The highest BCUT2D eigenvalue weighted by Gasteiger charge is 2.30. The van der Waals surface area contributed by atoms with E-state index in [9.17, 15) is 4.79 Å². The summed E-state index contributed by atoms with van der Waals surface area (Å²) in [6.07, 6.45) is 1.13. The Morgan fingerprint density at radius 1 is 1.39 bits per heavy atom. The largest absolute Gasteiger partial charge is 0.355 e. The molecule has 2 rings (SSSR count). The van der Waals surface area contributed by atoms with Crippen LogP contribution in [-0.2, 0) is 20.8 Å². The van der Waals surface area contributed by atoms with Crippen LogP contribution in [-0.4, -0.2) is 24.9 Å². The number of hydrogen-bond donors (Lipinski definition) is 1. The van der Waals surface area contributed by atoms with E-state index in [1.807, 2.05) is 37.3 Å². The minimum absolute atomic E-state index is 0.0169. The number of rotatable bonds is 4. The van der Waals surface area contributed by atoms with E-state index in [0.29, 0.717) is 19.6 Å². The first-order valence-corrected chi connectivity index (χ1v) is 6.20. The lowest BCUT2D eigenvalue weighted by Gasteiger charge is -2.33. The van der Waals surface area contributed by atoms with Gasteiger partial charge in [0, 0.05) is 13.0 Å². The first-order chi connectivity index (χ1) is 8.68. The van der Waals surface area contributed by atoms with Gasteiger partial charge in [-0.05, 0) is 12.5 Å². The fourth-order valence-corrected chi connectivity index (χ4v) is 1.94. The van der Waals surface area contributed by atoms with Gasteiger partial charge in [-0.3, -0.25) is 4.79 Å². The summed E-state index contributed by atoms with van der Waals surface area (Å²) in [6, 6.07) is 9.87. The molecule has 1 saturated heterocycles. The van der Waals surface area contributed by atoms with E-state index in [4.69, 9.17) is 9.47 Å². The van der Waals surface area contributed by atoms with Gasteiger partial charge in [0.25, 0.3) is 0 Å². The van der Waals surface area contributed by atoms with Crippen LogP contribution in [0.25, 0.3) is 0 Å². The fourth-order valence-electron chi connectivity index (χ4n) is 1.94. The topological polar surface area (TPSA) is 47.6 Å². The number of carbonyl (C=O) groups is 1. The van der Waals surface area contributed by atoms with Crippen molar-refractivity contribution in [2.75, 3.05) is 13.4 Å². The predicted molar refractivity (Wildman–Crippen MR) is 67.8 cm³/mol. The second kappa shape index (κ2) is 5.98. The average molecular weight is 249 g/mol. The third kappa shape index (κ3) is 3.82. The van der Waals surface area contributed by atoms with Gasteiger partial charge >= 0.3 is 0 Å². The summed E-state index contributed by atoms with van der Waals surface area (Å²) in [6.45, 7) is 3.45. The van der Waals surface area contributed by atoms with Crippen LogP contribution in [0.3, 0.4) is 0 Å². The molecule has 0 aromatic heterocycles. The molecule has 0 saturated carbocycles. The summed E-state index contributed by atoms with van der Waals surface area (Å²) in [5.74, 6) is 0.0169. The Morgan fingerprint density at radius 2 is 2.17 bits per heavy atom. The van der Waals surface area contributed by atoms with Crippen molar-refractivity contribution in [3.63, 3.8) is 0 Å². The Labute approximate surface area is 107 Å². The molecule has 98 valence electrons. The van der Waals surface area contributed by atoms with Crippen molar-refractivity contribution in [3.8, 4) is 0 Å². The molecule has 1 aliphatic rings. The highest BCUT2D eigenvalue weighted by atomic mass is 16.7. The summed E-state index contributed by atoms with van der Waals surface area (Å²) in [5, 5.41) is 2.91. The Bertz CT molecular complexity index is 385. The molecule has 0 bridgehead atoms. The van der Waals surface area contributed by atoms with Gasteiger partial charge in [-0.2, -0.15) is 0 Å². The SMILES string of the molecule is CC1(CC(=O)NCc2ccccc2)CCOCO1. The van der Waals surface area contributed by atoms with Crippen molar-refractivity contribution >= 4 is 5.91 Å². The zero-order valence-corrected chi connectivity index (χ0v) is 10.6. The molecule has 0 radical (unpaired) electrons. The van der Waals surface area contributed by atoms with Gasteiger partial charge in [0.1, 0.15) is 6.79 Å². The summed E-state index contributed by atoms with van der Waals surface area (Å²) in [7, 11) is 0. The van der Waals surface area contributed by atoms with E-state index < -0.39 is 0 Å². The lowest BCUT2D eigenvalue weighted by atomic mass is 9.97. The molecule has 1 aliphatic heterocycles. The zero-order valence-electron chi connectivity index (χ0n) is 10.6. The van der Waals surface area contributed by atoms with E-state index in [0.717, 1.165) is 12.0 Å². The van der Waals surface area contributed by atoms with Crippen molar-refractivity contribution in [3.05, 3.63) is 35.9 Å². The van der Waals surface area contributed by atoms with Crippen molar-refractivity contribution < 1.29 is 14.3 Å². The number of carbonyl (C=O) groups excluding carboxylic acids is 1. The molecule has 1 aromatic carbocycles. The normalized spacial score (nSPS) is 23.6. The molecule has 1 fully saturated rings. The van der Waals surface area contributed by atoms with Crippen LogP contribution in [0.1, 0.15) is 25.3 Å². The zero-order chi connectivity index (χ0) is 12.8. The van der Waals surface area contributed by atoms with Gasteiger partial charge in [-0.25, -0.2) is 0 Å². The van der Waals surface area contributed by atoms with Crippen LogP contribution in [0.15, 0.2) is 30.3 Å². The molecule has 18 heavy (non-hydrogen) atoms. The minimum atomic E-state index is -0.390. The summed E-state index contributed by atoms with van der Waals surface area (Å²) in [4.78, 5) is 11.9. The highest BCUT2D eigenvalue weighted by Crippen LogP contribution is 2.23. The van der Waals surface area contributed by atoms with Gasteiger partial charge in [0.05, 0.1) is 18.6 Å². The molecular weight excluding hydrogens is 230 g/mol. The van der Waals surface area contributed by atoms with E-state index in [2.05, 4.69) is 5.32 Å². The molecule has 1 N–H and O–H groups in total. The first kappa shape index (κ1) is 13.1. The third-order valence-electron chi connectivity index (χ3n) is 3.13. The molecular formula is C14H19NO3. The Balaban J connectivity index is 1.78. The van der Waals surface area contributed by atoms with Crippen molar-refractivity contribution in [1.82, 2.24) is 5.32 Å². The molecule has 0 spiro atoms. The van der Waals surface area contributed by atoms with Crippen LogP contribution in [0.5, 0.6) is 0 Å². The standard InChI is InChI=1S/C14H19NO3/c1-14(7-8-17-11-18-14)9-13(16)15-10-12-5-3-2-4-6-12/h2-6H,7-11H2,1H3,(H,15,16). The molecule has 0 aliphatic carbocycles. The minimum Gasteiger partial charge on any atom is -0.355 e. The number of benzene rings is 1. The maximum absolute atomic E-state index is 11.9. The number of ether oxygens (including phenoxy) is 2. The highest BCUT2D eigenvalue weighted by molar-refractivity contribution is 5.77. The van der Waals surface area contributed by atoms with E-state index >= 15 is 0 Å². The average Bonchev–Trinajstić information content (AvgIpc) is 2.38. The van der Waals surface area contributed by atoms with Crippen molar-refractivity contribution in [2.24, 2.45) is 0 Å². The smallest absolute Gasteiger partial charge is 0.223 e. The van der Waals surface area contributed by atoms with Crippen molar-refractivity contribution in [1.29, 1.82) is 0 Å². The molecule has 1 atom stereocenters. The third-order valence-corrected chi connectivity index (χ3v) is 3.13. The Hall–Kier alpha value is -1.39. The Morgan fingerprint density at radius 3 is 2.83 bits per heavy atom. The van der Waals surface area contributed by atoms with Crippen LogP contribution in [0, 0.1) is 0 Å². The van der Waals surface area contributed by atoms with Crippen LogP contribution >= 0.6 is 0 Å².